The molecule has 0 bridgehead atoms. The Morgan fingerprint density at radius 2 is 1.88 bits per heavy atom. The summed E-state index contributed by atoms with van der Waals surface area (Å²) in [7, 11) is 2.16. The molecule has 1 fully saturated rings. The van der Waals surface area contributed by atoms with E-state index in [4.69, 9.17) is 0 Å². The average molecular weight is 239 g/mol. The van der Waals surface area contributed by atoms with Crippen LogP contribution < -0.4 is 5.32 Å². The van der Waals surface area contributed by atoms with Gasteiger partial charge < -0.3 is 5.32 Å². The van der Waals surface area contributed by atoms with Crippen LogP contribution in [0.1, 0.15) is 78.1 Å². The largest absolute Gasteiger partial charge is 0.317 e. The van der Waals surface area contributed by atoms with Crippen LogP contribution in [0.4, 0.5) is 0 Å². The molecule has 3 unspecified atom stereocenters. The van der Waals surface area contributed by atoms with Crippen molar-refractivity contribution in [3.63, 3.8) is 0 Å². The highest BCUT2D eigenvalue weighted by atomic mass is 14.9. The highest BCUT2D eigenvalue weighted by molar-refractivity contribution is 4.80. The van der Waals surface area contributed by atoms with E-state index >= 15 is 0 Å². The zero-order chi connectivity index (χ0) is 12.5. The van der Waals surface area contributed by atoms with Gasteiger partial charge in [-0.25, -0.2) is 0 Å². The van der Waals surface area contributed by atoms with E-state index in [1.54, 1.807) is 0 Å². The molecule has 0 radical (unpaired) electrons. The fourth-order valence-corrected chi connectivity index (χ4v) is 3.43. The number of unbranched alkanes of at least 4 members (excludes halogenated alkanes) is 4. The molecule has 0 amide bonds. The Kier molecular flexibility index (Phi) is 7.92. The van der Waals surface area contributed by atoms with Crippen LogP contribution in [0.2, 0.25) is 0 Å². The van der Waals surface area contributed by atoms with Gasteiger partial charge in [-0.3, -0.25) is 0 Å². The lowest BCUT2D eigenvalue weighted by Crippen LogP contribution is -2.36. The molecule has 0 aromatic heterocycles. The Morgan fingerprint density at radius 3 is 2.53 bits per heavy atom. The summed E-state index contributed by atoms with van der Waals surface area (Å²) >= 11 is 0. The smallest absolute Gasteiger partial charge is 0.00924 e. The first-order valence-corrected chi connectivity index (χ1v) is 7.95. The van der Waals surface area contributed by atoms with Gasteiger partial charge in [-0.2, -0.15) is 0 Å². The van der Waals surface area contributed by atoms with Gasteiger partial charge in [-0.05, 0) is 38.1 Å². The van der Waals surface area contributed by atoms with Crippen molar-refractivity contribution in [3.8, 4) is 0 Å². The van der Waals surface area contributed by atoms with Crippen LogP contribution in [0, 0.1) is 11.8 Å². The van der Waals surface area contributed by atoms with Crippen molar-refractivity contribution >= 4 is 0 Å². The van der Waals surface area contributed by atoms with Gasteiger partial charge in [-0.1, -0.05) is 58.8 Å². The minimum Gasteiger partial charge on any atom is -0.317 e. The lowest BCUT2D eigenvalue weighted by atomic mass is 9.77. The van der Waals surface area contributed by atoms with E-state index in [9.17, 15) is 0 Å². The standard InChI is InChI=1S/C16H33N/c1-4-5-6-7-8-12-16(17-3)15-11-9-10-14(2)13-15/h14-17H,4-13H2,1-3H3. The van der Waals surface area contributed by atoms with Gasteiger partial charge >= 0.3 is 0 Å². The predicted molar refractivity (Wildman–Crippen MR) is 77.3 cm³/mol. The quantitative estimate of drug-likeness (QED) is 0.602. The fraction of sp³-hybridized carbons (Fsp3) is 1.00. The molecule has 0 saturated heterocycles. The monoisotopic (exact) mass is 239 g/mol. The number of rotatable bonds is 8. The fourth-order valence-electron chi connectivity index (χ4n) is 3.43. The minimum absolute atomic E-state index is 0.791. The average Bonchev–Trinajstić information content (AvgIpc) is 2.34. The Labute approximate surface area is 109 Å². The number of hydrogen-bond acceptors (Lipinski definition) is 1. The van der Waals surface area contributed by atoms with Crippen LogP contribution in [0.5, 0.6) is 0 Å². The van der Waals surface area contributed by atoms with E-state index in [1.807, 2.05) is 0 Å². The van der Waals surface area contributed by atoms with E-state index < -0.39 is 0 Å². The van der Waals surface area contributed by atoms with Crippen LogP contribution in [0.25, 0.3) is 0 Å². The number of nitrogens with one attached hydrogen (secondary N) is 1. The highest BCUT2D eigenvalue weighted by Crippen LogP contribution is 2.32. The summed E-state index contributed by atoms with van der Waals surface area (Å²) in [6.45, 7) is 4.72. The van der Waals surface area contributed by atoms with Crippen LogP contribution in [0.15, 0.2) is 0 Å². The van der Waals surface area contributed by atoms with Crippen molar-refractivity contribution in [3.05, 3.63) is 0 Å². The van der Waals surface area contributed by atoms with Gasteiger partial charge in [-0.15, -0.1) is 0 Å². The molecule has 1 rings (SSSR count). The molecule has 0 spiro atoms. The normalized spacial score (nSPS) is 27.0. The summed E-state index contributed by atoms with van der Waals surface area (Å²) in [6.07, 6.45) is 14.3. The molecule has 17 heavy (non-hydrogen) atoms. The molecule has 1 N–H and O–H groups in total. The maximum absolute atomic E-state index is 3.58. The molecule has 1 aliphatic rings. The van der Waals surface area contributed by atoms with Gasteiger partial charge in [0.05, 0.1) is 0 Å². The lowest BCUT2D eigenvalue weighted by Gasteiger charge is -2.33. The minimum atomic E-state index is 0.791. The summed E-state index contributed by atoms with van der Waals surface area (Å²) in [5.41, 5.74) is 0. The molecule has 3 atom stereocenters. The first kappa shape index (κ1) is 15.0. The first-order chi connectivity index (χ1) is 8.27. The van der Waals surface area contributed by atoms with Crippen molar-refractivity contribution in [2.75, 3.05) is 7.05 Å². The van der Waals surface area contributed by atoms with Crippen molar-refractivity contribution in [1.29, 1.82) is 0 Å². The molecule has 1 heteroatoms. The molecule has 1 nitrogen and oxygen atoms in total. The summed E-state index contributed by atoms with van der Waals surface area (Å²) in [5, 5.41) is 3.58. The Hall–Kier alpha value is -0.0400. The molecular weight excluding hydrogens is 206 g/mol. The molecule has 1 saturated carbocycles. The van der Waals surface area contributed by atoms with Crippen LogP contribution in [-0.2, 0) is 0 Å². The van der Waals surface area contributed by atoms with Crippen molar-refractivity contribution in [1.82, 2.24) is 5.32 Å². The molecule has 0 aromatic carbocycles. The zero-order valence-corrected chi connectivity index (χ0v) is 12.3. The highest BCUT2D eigenvalue weighted by Gasteiger charge is 2.25. The zero-order valence-electron chi connectivity index (χ0n) is 12.3. The van der Waals surface area contributed by atoms with Gasteiger partial charge in [0.15, 0.2) is 0 Å². The van der Waals surface area contributed by atoms with Gasteiger partial charge in [0, 0.05) is 6.04 Å². The van der Waals surface area contributed by atoms with Crippen molar-refractivity contribution in [2.45, 2.75) is 84.1 Å². The van der Waals surface area contributed by atoms with E-state index in [0.29, 0.717) is 0 Å². The van der Waals surface area contributed by atoms with Gasteiger partial charge in [0.25, 0.3) is 0 Å². The maximum atomic E-state index is 3.58. The first-order valence-electron chi connectivity index (χ1n) is 7.95. The third kappa shape index (κ3) is 5.90. The van der Waals surface area contributed by atoms with Crippen molar-refractivity contribution in [2.24, 2.45) is 11.8 Å². The van der Waals surface area contributed by atoms with Crippen LogP contribution in [-0.4, -0.2) is 13.1 Å². The second kappa shape index (κ2) is 8.97. The summed E-state index contributed by atoms with van der Waals surface area (Å²) in [4.78, 5) is 0. The topological polar surface area (TPSA) is 12.0 Å². The van der Waals surface area contributed by atoms with Gasteiger partial charge in [0.2, 0.25) is 0 Å². The maximum Gasteiger partial charge on any atom is 0.00924 e. The summed E-state index contributed by atoms with van der Waals surface area (Å²) in [5.74, 6) is 1.92. The van der Waals surface area contributed by atoms with Crippen LogP contribution in [0.3, 0.4) is 0 Å². The second-order valence-corrected chi connectivity index (χ2v) is 6.13. The Bertz CT molecular complexity index is 178. The second-order valence-electron chi connectivity index (χ2n) is 6.13. The number of hydrogen-bond donors (Lipinski definition) is 1. The predicted octanol–water partition coefficient (Wildman–Crippen LogP) is 4.76. The molecule has 0 aromatic rings. The summed E-state index contributed by atoms with van der Waals surface area (Å²) < 4.78 is 0. The molecule has 102 valence electrons. The third-order valence-electron chi connectivity index (χ3n) is 4.54. The SMILES string of the molecule is CCCCCCCC(NC)C1CCCC(C)C1. The van der Waals surface area contributed by atoms with E-state index in [1.165, 1.54) is 64.2 Å². The lowest BCUT2D eigenvalue weighted by molar-refractivity contribution is 0.218. The third-order valence-corrected chi connectivity index (χ3v) is 4.54. The van der Waals surface area contributed by atoms with E-state index in [2.05, 4.69) is 26.2 Å². The Balaban J connectivity index is 2.18. The van der Waals surface area contributed by atoms with E-state index in [0.717, 1.165) is 17.9 Å². The van der Waals surface area contributed by atoms with Crippen LogP contribution >= 0.6 is 0 Å². The Morgan fingerprint density at radius 1 is 1.12 bits per heavy atom. The van der Waals surface area contributed by atoms with E-state index in [-0.39, 0.29) is 0 Å². The summed E-state index contributed by atoms with van der Waals surface area (Å²) in [6, 6.07) is 0.791. The van der Waals surface area contributed by atoms with Gasteiger partial charge in [0.1, 0.15) is 0 Å². The molecule has 1 aliphatic carbocycles. The molecule has 0 heterocycles. The molecule has 0 aliphatic heterocycles. The molecular formula is C16H33N. The van der Waals surface area contributed by atoms with Crippen molar-refractivity contribution < 1.29 is 0 Å².